The van der Waals surface area contributed by atoms with Gasteiger partial charge in [0.2, 0.25) is 11.8 Å². The molecule has 1 fully saturated rings. The number of aromatic nitrogens is 1. The molecule has 1 N–H and O–H groups in total. The van der Waals surface area contributed by atoms with Gasteiger partial charge in [-0.15, -0.1) is 0 Å². The molecule has 0 saturated carbocycles. The van der Waals surface area contributed by atoms with Crippen LogP contribution < -0.4 is 5.32 Å². The van der Waals surface area contributed by atoms with E-state index in [9.17, 15) is 18.0 Å². The largest absolute Gasteiger partial charge is 0.356 e. The van der Waals surface area contributed by atoms with Crippen LogP contribution in [0.25, 0.3) is 21.7 Å². The van der Waals surface area contributed by atoms with Crippen molar-refractivity contribution in [2.75, 3.05) is 0 Å². The van der Waals surface area contributed by atoms with E-state index in [0.29, 0.717) is 33.9 Å². The normalized spacial score (nSPS) is 18.7. The topological polar surface area (TPSA) is 106 Å². The molecule has 0 spiro atoms. The van der Waals surface area contributed by atoms with Gasteiger partial charge in [0, 0.05) is 17.1 Å². The van der Waals surface area contributed by atoms with Crippen molar-refractivity contribution in [3.8, 4) is 0 Å². The molecule has 2 amide bonds. The summed E-state index contributed by atoms with van der Waals surface area (Å²) in [4.78, 5) is 23.5. The van der Waals surface area contributed by atoms with E-state index in [1.165, 1.54) is 12.1 Å². The Hall–Kier alpha value is -2.45. The smallest absolute Gasteiger partial charge is 0.261 e. The second-order valence-corrected chi connectivity index (χ2v) is 8.40. The number of benzene rings is 2. The number of nitrogens with zero attached hydrogens (tertiary/aromatic N) is 1. The number of carbonyl (C=O) groups is 2. The molecule has 7 nitrogen and oxygen atoms in total. The number of amides is 2. The first kappa shape index (κ1) is 16.0. The zero-order chi connectivity index (χ0) is 17.8. The second-order valence-electron chi connectivity index (χ2n) is 5.83. The molecule has 1 aliphatic rings. The maximum absolute atomic E-state index is 12.2. The predicted octanol–water partition coefficient (Wildman–Crippen LogP) is 2.43. The quantitative estimate of drug-likeness (QED) is 0.542. The van der Waals surface area contributed by atoms with Crippen molar-refractivity contribution in [3.05, 3.63) is 36.0 Å². The number of piperidine rings is 1. The standard InChI is InChI=1S/C16H11ClN2O5S/c17-25(22,23)9-2-3-10-8(7-9)1-5-12-14(10)15(19-24-12)11-4-6-13(20)18-16(11)21/h1-3,5,7,11H,4,6H2,(H,18,20,21). The molecule has 2 aromatic carbocycles. The zero-order valence-electron chi connectivity index (χ0n) is 12.7. The first-order valence-corrected chi connectivity index (χ1v) is 9.76. The Kier molecular flexibility index (Phi) is 3.55. The van der Waals surface area contributed by atoms with E-state index < -0.39 is 20.9 Å². The van der Waals surface area contributed by atoms with Gasteiger partial charge >= 0.3 is 0 Å². The zero-order valence-corrected chi connectivity index (χ0v) is 14.2. The number of rotatable bonds is 2. The van der Waals surface area contributed by atoms with Crippen LogP contribution in [0.3, 0.4) is 0 Å². The van der Waals surface area contributed by atoms with Gasteiger partial charge in [-0.2, -0.15) is 0 Å². The first-order valence-electron chi connectivity index (χ1n) is 7.45. The first-order chi connectivity index (χ1) is 11.8. The van der Waals surface area contributed by atoms with Crippen molar-refractivity contribution < 1.29 is 22.5 Å². The Labute approximate surface area is 146 Å². The SMILES string of the molecule is O=C1CCC(c2noc3ccc4cc(S(=O)(=O)Cl)ccc4c23)C(=O)N1. The van der Waals surface area contributed by atoms with Crippen molar-refractivity contribution >= 4 is 53.3 Å². The maximum atomic E-state index is 12.2. The van der Waals surface area contributed by atoms with E-state index in [0.717, 1.165) is 0 Å². The van der Waals surface area contributed by atoms with Crippen LogP contribution in [0.15, 0.2) is 39.8 Å². The maximum Gasteiger partial charge on any atom is 0.261 e. The lowest BCUT2D eigenvalue weighted by molar-refractivity contribution is -0.134. The minimum absolute atomic E-state index is 0.0139. The Morgan fingerprint density at radius 2 is 2.00 bits per heavy atom. The predicted molar refractivity (Wildman–Crippen MR) is 89.7 cm³/mol. The fourth-order valence-corrected chi connectivity index (χ4v) is 3.90. The molecule has 1 saturated heterocycles. The van der Waals surface area contributed by atoms with E-state index in [4.69, 9.17) is 15.2 Å². The lowest BCUT2D eigenvalue weighted by Gasteiger charge is -2.19. The van der Waals surface area contributed by atoms with Crippen molar-refractivity contribution in [2.45, 2.75) is 23.7 Å². The minimum atomic E-state index is -3.85. The molecule has 1 aromatic heterocycles. The van der Waals surface area contributed by atoms with Gasteiger partial charge in [0.15, 0.2) is 5.58 Å². The highest BCUT2D eigenvalue weighted by Crippen LogP contribution is 2.35. The van der Waals surface area contributed by atoms with E-state index >= 15 is 0 Å². The molecule has 9 heteroatoms. The molecule has 1 aliphatic heterocycles. The Morgan fingerprint density at radius 3 is 2.72 bits per heavy atom. The Morgan fingerprint density at radius 1 is 1.20 bits per heavy atom. The van der Waals surface area contributed by atoms with Crippen LogP contribution in [-0.4, -0.2) is 25.4 Å². The van der Waals surface area contributed by atoms with Crippen LogP contribution >= 0.6 is 10.7 Å². The summed E-state index contributed by atoms with van der Waals surface area (Å²) in [5, 5.41) is 8.28. The van der Waals surface area contributed by atoms with Crippen molar-refractivity contribution in [1.82, 2.24) is 10.5 Å². The molecule has 128 valence electrons. The molecule has 0 bridgehead atoms. The van der Waals surface area contributed by atoms with E-state index in [1.54, 1.807) is 18.2 Å². The summed E-state index contributed by atoms with van der Waals surface area (Å²) in [6.07, 6.45) is 0.570. The van der Waals surface area contributed by atoms with Crippen molar-refractivity contribution in [1.29, 1.82) is 0 Å². The number of fused-ring (bicyclic) bond motifs is 3. The fourth-order valence-electron chi connectivity index (χ4n) is 3.12. The molecule has 0 aliphatic carbocycles. The summed E-state index contributed by atoms with van der Waals surface area (Å²) in [5.74, 6) is -1.32. The number of imide groups is 1. The molecule has 3 aromatic rings. The third-order valence-electron chi connectivity index (χ3n) is 4.30. The van der Waals surface area contributed by atoms with Crippen LogP contribution in [0, 0.1) is 0 Å². The monoisotopic (exact) mass is 378 g/mol. The second kappa shape index (κ2) is 5.53. The lowest BCUT2D eigenvalue weighted by atomic mass is 9.91. The molecule has 4 rings (SSSR count). The van der Waals surface area contributed by atoms with Crippen molar-refractivity contribution in [2.24, 2.45) is 0 Å². The number of nitrogens with one attached hydrogen (secondary N) is 1. The summed E-state index contributed by atoms with van der Waals surface area (Å²) in [7, 11) is 1.55. The Bertz CT molecular complexity index is 1150. The number of halogens is 1. The summed E-state index contributed by atoms with van der Waals surface area (Å²) >= 11 is 0. The summed E-state index contributed by atoms with van der Waals surface area (Å²) in [6, 6.07) is 7.82. The molecular formula is C16H11ClN2O5S. The van der Waals surface area contributed by atoms with E-state index in [2.05, 4.69) is 10.5 Å². The highest BCUT2D eigenvalue weighted by molar-refractivity contribution is 8.13. The van der Waals surface area contributed by atoms with Gasteiger partial charge in [0.1, 0.15) is 5.69 Å². The highest BCUT2D eigenvalue weighted by Gasteiger charge is 2.32. The average Bonchev–Trinajstić information content (AvgIpc) is 2.98. The van der Waals surface area contributed by atoms with Gasteiger partial charge in [-0.3, -0.25) is 14.9 Å². The molecule has 25 heavy (non-hydrogen) atoms. The molecular weight excluding hydrogens is 368 g/mol. The third-order valence-corrected chi connectivity index (χ3v) is 5.65. The van der Waals surface area contributed by atoms with Gasteiger partial charge in [-0.25, -0.2) is 8.42 Å². The summed E-state index contributed by atoms with van der Waals surface area (Å²) < 4.78 is 28.4. The molecule has 0 radical (unpaired) electrons. The fraction of sp³-hybridized carbons (Fsp3) is 0.188. The Balaban J connectivity index is 1.93. The van der Waals surface area contributed by atoms with Gasteiger partial charge in [0.05, 0.1) is 16.2 Å². The van der Waals surface area contributed by atoms with Gasteiger partial charge in [0.25, 0.3) is 9.05 Å². The average molecular weight is 379 g/mol. The van der Waals surface area contributed by atoms with Crippen LogP contribution in [0.5, 0.6) is 0 Å². The van der Waals surface area contributed by atoms with Gasteiger partial charge < -0.3 is 4.52 Å². The number of carbonyl (C=O) groups excluding carboxylic acids is 2. The van der Waals surface area contributed by atoms with Gasteiger partial charge in [-0.05, 0) is 35.4 Å². The molecule has 2 heterocycles. The molecule has 1 atom stereocenters. The lowest BCUT2D eigenvalue weighted by Crippen LogP contribution is -2.39. The minimum Gasteiger partial charge on any atom is -0.356 e. The van der Waals surface area contributed by atoms with Crippen LogP contribution in [0.2, 0.25) is 0 Å². The third kappa shape index (κ3) is 2.67. The van der Waals surface area contributed by atoms with E-state index in [1.807, 2.05) is 0 Å². The van der Waals surface area contributed by atoms with Crippen molar-refractivity contribution in [3.63, 3.8) is 0 Å². The van der Waals surface area contributed by atoms with Crippen LogP contribution in [0.1, 0.15) is 24.5 Å². The van der Waals surface area contributed by atoms with E-state index in [-0.39, 0.29) is 17.2 Å². The van der Waals surface area contributed by atoms with Crippen LogP contribution in [-0.2, 0) is 18.6 Å². The highest BCUT2D eigenvalue weighted by atomic mass is 35.7. The van der Waals surface area contributed by atoms with Crippen LogP contribution in [0.4, 0.5) is 0 Å². The number of hydrogen-bond acceptors (Lipinski definition) is 6. The summed E-state index contributed by atoms with van der Waals surface area (Å²) in [5.41, 5.74) is 0.917. The summed E-state index contributed by atoms with van der Waals surface area (Å²) in [6.45, 7) is 0. The van der Waals surface area contributed by atoms with Gasteiger partial charge in [-0.1, -0.05) is 17.3 Å². The molecule has 1 unspecified atom stereocenters. The number of hydrogen-bond donors (Lipinski definition) is 1.